The molecule has 0 atom stereocenters. The van der Waals surface area contributed by atoms with Crippen LogP contribution in [0, 0.1) is 12.8 Å². The van der Waals surface area contributed by atoms with Crippen LogP contribution in [0.5, 0.6) is 5.75 Å². The average Bonchev–Trinajstić information content (AvgIpc) is 2.85. The summed E-state index contributed by atoms with van der Waals surface area (Å²) in [4.78, 5) is 8.97. The lowest BCUT2D eigenvalue weighted by Gasteiger charge is -2.11. The summed E-state index contributed by atoms with van der Waals surface area (Å²) in [5, 5.41) is 3.42. The van der Waals surface area contributed by atoms with Crippen LogP contribution in [0.4, 0.5) is 0 Å². The van der Waals surface area contributed by atoms with Crippen LogP contribution >= 0.6 is 0 Å². The fourth-order valence-corrected chi connectivity index (χ4v) is 2.20. The van der Waals surface area contributed by atoms with Crippen molar-refractivity contribution in [2.24, 2.45) is 5.92 Å². The zero-order valence-electron chi connectivity index (χ0n) is 13.3. The van der Waals surface area contributed by atoms with Gasteiger partial charge in [-0.1, -0.05) is 13.8 Å². The van der Waals surface area contributed by atoms with Crippen molar-refractivity contribution in [1.29, 1.82) is 0 Å². The van der Waals surface area contributed by atoms with E-state index >= 15 is 0 Å². The zero-order valence-corrected chi connectivity index (χ0v) is 13.3. The molecule has 2 aromatic rings. The van der Waals surface area contributed by atoms with Crippen molar-refractivity contribution in [1.82, 2.24) is 19.9 Å². The first-order chi connectivity index (χ1) is 10.1. The minimum Gasteiger partial charge on any atom is -0.497 e. The highest BCUT2D eigenvalue weighted by atomic mass is 16.5. The molecule has 0 aliphatic carbocycles. The van der Waals surface area contributed by atoms with Gasteiger partial charge in [-0.25, -0.2) is 4.98 Å². The molecular weight excluding hydrogens is 264 g/mol. The van der Waals surface area contributed by atoms with Crippen molar-refractivity contribution < 1.29 is 4.74 Å². The van der Waals surface area contributed by atoms with E-state index in [-0.39, 0.29) is 0 Å². The Balaban J connectivity index is 2.06. The predicted molar refractivity (Wildman–Crippen MR) is 83.4 cm³/mol. The summed E-state index contributed by atoms with van der Waals surface area (Å²) in [6.07, 6.45) is 3.82. The van der Waals surface area contributed by atoms with Gasteiger partial charge in [0.25, 0.3) is 0 Å². The fourth-order valence-electron chi connectivity index (χ4n) is 2.20. The van der Waals surface area contributed by atoms with Crippen molar-refractivity contribution in [2.45, 2.75) is 33.9 Å². The molecule has 2 rings (SSSR count). The largest absolute Gasteiger partial charge is 0.497 e. The summed E-state index contributed by atoms with van der Waals surface area (Å²) < 4.78 is 7.42. The number of hydrogen-bond donors (Lipinski definition) is 1. The molecule has 5 heteroatoms. The first-order valence-corrected chi connectivity index (χ1v) is 7.30. The summed E-state index contributed by atoms with van der Waals surface area (Å²) in [7, 11) is 1.68. The molecule has 0 unspecified atom stereocenters. The summed E-state index contributed by atoms with van der Waals surface area (Å²) in [5.74, 6) is 2.51. The molecule has 2 aromatic heterocycles. The molecule has 2 heterocycles. The van der Waals surface area contributed by atoms with E-state index in [1.165, 1.54) is 0 Å². The van der Waals surface area contributed by atoms with E-state index in [9.17, 15) is 0 Å². The molecule has 0 saturated heterocycles. The number of methoxy groups -OCH3 is 1. The van der Waals surface area contributed by atoms with Crippen molar-refractivity contribution >= 4 is 0 Å². The Kier molecular flexibility index (Phi) is 5.33. The molecule has 0 aromatic carbocycles. The van der Waals surface area contributed by atoms with Gasteiger partial charge in [-0.15, -0.1) is 0 Å². The summed E-state index contributed by atoms with van der Waals surface area (Å²) >= 11 is 0. The summed E-state index contributed by atoms with van der Waals surface area (Å²) in [6, 6.07) is 3.90. The predicted octanol–water partition coefficient (Wildman–Crippen LogP) is 2.39. The Labute approximate surface area is 126 Å². The number of aromatic nitrogens is 3. The van der Waals surface area contributed by atoms with E-state index in [1.807, 2.05) is 31.5 Å². The van der Waals surface area contributed by atoms with Gasteiger partial charge in [0.15, 0.2) is 0 Å². The van der Waals surface area contributed by atoms with Gasteiger partial charge in [-0.2, -0.15) is 0 Å². The minimum atomic E-state index is 0.635. The molecule has 114 valence electrons. The maximum absolute atomic E-state index is 5.30. The standard InChI is InChI=1S/C16H24N4O/c1-12(2)9-17-10-16-18-5-6-20(16)11-14-8-15(21-4)7-13(3)19-14/h5-8,12,17H,9-11H2,1-4H3. The van der Waals surface area contributed by atoms with E-state index in [0.29, 0.717) is 12.5 Å². The average molecular weight is 288 g/mol. The maximum Gasteiger partial charge on any atom is 0.123 e. The first kappa shape index (κ1) is 15.5. The lowest BCUT2D eigenvalue weighted by Crippen LogP contribution is -2.21. The van der Waals surface area contributed by atoms with Crippen LogP contribution in [0.2, 0.25) is 0 Å². The quantitative estimate of drug-likeness (QED) is 0.850. The van der Waals surface area contributed by atoms with E-state index in [4.69, 9.17) is 4.74 Å². The Hall–Kier alpha value is -1.88. The van der Waals surface area contributed by atoms with Crippen LogP contribution in [-0.4, -0.2) is 28.2 Å². The molecule has 0 spiro atoms. The highest BCUT2D eigenvalue weighted by molar-refractivity contribution is 5.27. The van der Waals surface area contributed by atoms with Crippen LogP contribution in [0.3, 0.4) is 0 Å². The van der Waals surface area contributed by atoms with Crippen LogP contribution in [0.25, 0.3) is 0 Å². The highest BCUT2D eigenvalue weighted by Crippen LogP contribution is 2.14. The van der Waals surface area contributed by atoms with Crippen molar-refractivity contribution in [2.75, 3.05) is 13.7 Å². The molecule has 0 bridgehead atoms. The smallest absolute Gasteiger partial charge is 0.123 e. The molecular formula is C16H24N4O. The normalized spacial score (nSPS) is 11.1. The lowest BCUT2D eigenvalue weighted by molar-refractivity contribution is 0.412. The second-order valence-corrected chi connectivity index (χ2v) is 5.64. The number of imidazole rings is 1. The van der Waals surface area contributed by atoms with E-state index in [2.05, 4.69) is 33.7 Å². The van der Waals surface area contributed by atoms with E-state index < -0.39 is 0 Å². The lowest BCUT2D eigenvalue weighted by atomic mass is 10.2. The molecule has 0 fully saturated rings. The summed E-state index contributed by atoms with van der Waals surface area (Å²) in [6.45, 7) is 8.84. The second kappa shape index (κ2) is 7.22. The number of nitrogens with one attached hydrogen (secondary N) is 1. The van der Waals surface area contributed by atoms with Crippen molar-refractivity contribution in [3.63, 3.8) is 0 Å². The number of hydrogen-bond acceptors (Lipinski definition) is 4. The zero-order chi connectivity index (χ0) is 15.2. The third kappa shape index (κ3) is 4.56. The molecule has 1 N–H and O–H groups in total. The monoisotopic (exact) mass is 288 g/mol. The van der Waals surface area contributed by atoms with Crippen LogP contribution in [0.1, 0.15) is 31.1 Å². The van der Waals surface area contributed by atoms with Gasteiger partial charge in [0.2, 0.25) is 0 Å². The Morgan fingerprint density at radius 2 is 2.14 bits per heavy atom. The Morgan fingerprint density at radius 1 is 1.33 bits per heavy atom. The number of ether oxygens (including phenoxy) is 1. The van der Waals surface area contributed by atoms with Crippen LogP contribution in [-0.2, 0) is 13.1 Å². The third-order valence-corrected chi connectivity index (χ3v) is 3.19. The van der Waals surface area contributed by atoms with Gasteiger partial charge in [-0.3, -0.25) is 4.98 Å². The third-order valence-electron chi connectivity index (χ3n) is 3.19. The Morgan fingerprint density at radius 3 is 2.86 bits per heavy atom. The van der Waals surface area contributed by atoms with Crippen LogP contribution < -0.4 is 10.1 Å². The Bertz CT molecular complexity index is 577. The number of pyridine rings is 1. The van der Waals surface area contributed by atoms with Gasteiger partial charge in [0.1, 0.15) is 11.6 Å². The molecule has 0 radical (unpaired) electrons. The first-order valence-electron chi connectivity index (χ1n) is 7.30. The van der Waals surface area contributed by atoms with Gasteiger partial charge >= 0.3 is 0 Å². The fraction of sp³-hybridized carbons (Fsp3) is 0.500. The minimum absolute atomic E-state index is 0.635. The molecule has 0 aliphatic rings. The molecule has 21 heavy (non-hydrogen) atoms. The van der Waals surface area contributed by atoms with Crippen molar-refractivity contribution in [3.8, 4) is 5.75 Å². The molecule has 0 amide bonds. The van der Waals surface area contributed by atoms with Gasteiger partial charge < -0.3 is 14.6 Å². The van der Waals surface area contributed by atoms with E-state index in [1.54, 1.807) is 7.11 Å². The molecule has 5 nitrogen and oxygen atoms in total. The van der Waals surface area contributed by atoms with Crippen molar-refractivity contribution in [3.05, 3.63) is 41.7 Å². The number of nitrogens with zero attached hydrogens (tertiary/aromatic N) is 3. The summed E-state index contributed by atoms with van der Waals surface area (Å²) in [5.41, 5.74) is 1.94. The molecule has 0 saturated carbocycles. The van der Waals surface area contributed by atoms with Gasteiger partial charge in [0, 0.05) is 30.2 Å². The second-order valence-electron chi connectivity index (χ2n) is 5.64. The van der Waals surface area contributed by atoms with Gasteiger partial charge in [-0.05, 0) is 19.4 Å². The molecule has 0 aliphatic heterocycles. The van der Waals surface area contributed by atoms with Gasteiger partial charge in [0.05, 0.1) is 25.9 Å². The SMILES string of the molecule is COc1cc(C)nc(Cn2ccnc2CNCC(C)C)c1. The highest BCUT2D eigenvalue weighted by Gasteiger charge is 2.06. The number of rotatable bonds is 7. The van der Waals surface area contributed by atoms with E-state index in [0.717, 1.165) is 36.1 Å². The maximum atomic E-state index is 5.30. The number of aryl methyl sites for hydroxylation is 1. The van der Waals surface area contributed by atoms with Crippen LogP contribution in [0.15, 0.2) is 24.5 Å². The topological polar surface area (TPSA) is 52.0 Å².